The number of esters is 1. The number of hydrogen-bond donors (Lipinski definition) is 1. The van der Waals surface area contributed by atoms with Crippen molar-refractivity contribution in [3.05, 3.63) is 29.6 Å². The number of ether oxygens (including phenoxy) is 3. The van der Waals surface area contributed by atoms with Crippen LogP contribution in [0.1, 0.15) is 11.6 Å². The Balaban J connectivity index is 2.90. The first kappa shape index (κ1) is 15.4. The molecular weight excluding hydrogens is 253 g/mol. The Hall–Kier alpha value is -1.66. The van der Waals surface area contributed by atoms with E-state index in [0.717, 1.165) is 0 Å². The van der Waals surface area contributed by atoms with E-state index in [-0.39, 0.29) is 5.75 Å². The van der Waals surface area contributed by atoms with Crippen molar-refractivity contribution in [2.75, 3.05) is 34.5 Å². The lowest BCUT2D eigenvalue weighted by molar-refractivity contribution is -0.143. The zero-order chi connectivity index (χ0) is 14.3. The fourth-order valence-corrected chi connectivity index (χ4v) is 1.62. The fourth-order valence-electron chi connectivity index (χ4n) is 1.62. The van der Waals surface area contributed by atoms with Gasteiger partial charge in [-0.15, -0.1) is 0 Å². The number of rotatable bonds is 7. The van der Waals surface area contributed by atoms with Crippen molar-refractivity contribution >= 4 is 5.97 Å². The summed E-state index contributed by atoms with van der Waals surface area (Å²) in [6.45, 7) is 0.885. The molecule has 1 aromatic rings. The van der Waals surface area contributed by atoms with E-state index in [0.29, 0.717) is 18.7 Å². The van der Waals surface area contributed by atoms with Crippen LogP contribution in [0.5, 0.6) is 5.75 Å². The van der Waals surface area contributed by atoms with Crippen LogP contribution in [0.3, 0.4) is 0 Å². The lowest BCUT2D eigenvalue weighted by Crippen LogP contribution is -2.32. The van der Waals surface area contributed by atoms with E-state index in [1.165, 1.54) is 26.4 Å². The number of methoxy groups -OCH3 is 3. The summed E-state index contributed by atoms with van der Waals surface area (Å²) >= 11 is 0. The lowest BCUT2D eigenvalue weighted by atomic mass is 10.1. The van der Waals surface area contributed by atoms with E-state index in [2.05, 4.69) is 5.32 Å². The third kappa shape index (κ3) is 4.18. The highest BCUT2D eigenvalue weighted by atomic mass is 19.1. The molecule has 0 saturated carbocycles. The second-order valence-electron chi connectivity index (χ2n) is 3.80. The van der Waals surface area contributed by atoms with Crippen LogP contribution in [-0.4, -0.2) is 40.5 Å². The molecule has 0 aliphatic heterocycles. The average molecular weight is 271 g/mol. The third-order valence-electron chi connectivity index (χ3n) is 2.60. The Bertz CT molecular complexity index is 425. The van der Waals surface area contributed by atoms with Gasteiger partial charge < -0.3 is 14.2 Å². The Labute approximate surface area is 111 Å². The molecule has 1 atom stereocenters. The van der Waals surface area contributed by atoms with Crippen molar-refractivity contribution < 1.29 is 23.4 Å². The molecule has 1 aromatic carbocycles. The minimum Gasteiger partial charge on any atom is -0.494 e. The zero-order valence-electron chi connectivity index (χ0n) is 11.2. The summed E-state index contributed by atoms with van der Waals surface area (Å²) < 4.78 is 28.1. The molecular formula is C13H18FNO4. The van der Waals surface area contributed by atoms with Gasteiger partial charge in [-0.1, -0.05) is 6.07 Å². The van der Waals surface area contributed by atoms with Crippen LogP contribution in [0.4, 0.5) is 4.39 Å². The molecule has 0 radical (unpaired) electrons. The summed E-state index contributed by atoms with van der Waals surface area (Å²) in [5.74, 6) is -0.882. The average Bonchev–Trinajstić information content (AvgIpc) is 2.43. The van der Waals surface area contributed by atoms with Crippen molar-refractivity contribution in [3.63, 3.8) is 0 Å². The molecule has 19 heavy (non-hydrogen) atoms. The fraction of sp³-hybridized carbons (Fsp3) is 0.462. The molecule has 0 fully saturated rings. The van der Waals surface area contributed by atoms with Crippen LogP contribution < -0.4 is 10.1 Å². The maximum Gasteiger partial charge on any atom is 0.327 e. The van der Waals surface area contributed by atoms with Gasteiger partial charge in [0, 0.05) is 13.7 Å². The van der Waals surface area contributed by atoms with Crippen molar-refractivity contribution in [2.45, 2.75) is 6.04 Å². The van der Waals surface area contributed by atoms with Gasteiger partial charge in [-0.3, -0.25) is 5.32 Å². The Morgan fingerprint density at radius 1 is 1.37 bits per heavy atom. The van der Waals surface area contributed by atoms with Gasteiger partial charge in [0.05, 0.1) is 20.8 Å². The summed E-state index contributed by atoms with van der Waals surface area (Å²) in [7, 11) is 4.22. The van der Waals surface area contributed by atoms with Crippen molar-refractivity contribution in [1.82, 2.24) is 5.32 Å². The Kier molecular flexibility index (Phi) is 6.24. The monoisotopic (exact) mass is 271 g/mol. The van der Waals surface area contributed by atoms with Crippen LogP contribution >= 0.6 is 0 Å². The van der Waals surface area contributed by atoms with Crippen molar-refractivity contribution in [1.29, 1.82) is 0 Å². The molecule has 0 aliphatic rings. The van der Waals surface area contributed by atoms with Crippen LogP contribution in [0, 0.1) is 5.82 Å². The van der Waals surface area contributed by atoms with Gasteiger partial charge >= 0.3 is 5.97 Å². The molecule has 0 amide bonds. The highest BCUT2D eigenvalue weighted by Crippen LogP contribution is 2.22. The quantitative estimate of drug-likeness (QED) is 0.598. The van der Waals surface area contributed by atoms with Crippen molar-refractivity contribution in [2.24, 2.45) is 0 Å². The lowest BCUT2D eigenvalue weighted by Gasteiger charge is -2.17. The molecule has 1 rings (SSSR count). The van der Waals surface area contributed by atoms with Crippen LogP contribution in [-0.2, 0) is 14.3 Å². The first-order chi connectivity index (χ1) is 9.13. The highest BCUT2D eigenvalue weighted by Gasteiger charge is 2.21. The maximum atomic E-state index is 13.6. The summed E-state index contributed by atoms with van der Waals surface area (Å²) in [4.78, 5) is 11.7. The second-order valence-corrected chi connectivity index (χ2v) is 3.80. The highest BCUT2D eigenvalue weighted by molar-refractivity contribution is 5.77. The first-order valence-corrected chi connectivity index (χ1v) is 5.77. The van der Waals surface area contributed by atoms with E-state index in [9.17, 15) is 9.18 Å². The normalized spacial score (nSPS) is 12.0. The predicted octanol–water partition coefficient (Wildman–Crippen LogP) is 1.28. The third-order valence-corrected chi connectivity index (χ3v) is 2.60. The van der Waals surface area contributed by atoms with Gasteiger partial charge in [-0.25, -0.2) is 9.18 Å². The van der Waals surface area contributed by atoms with Gasteiger partial charge in [-0.05, 0) is 17.7 Å². The molecule has 0 saturated heterocycles. The molecule has 0 spiro atoms. The summed E-state index contributed by atoms with van der Waals surface area (Å²) in [5.41, 5.74) is 0.473. The maximum absolute atomic E-state index is 13.6. The number of carbonyl (C=O) groups excluding carboxylic acids is 1. The molecule has 1 N–H and O–H groups in total. The van der Waals surface area contributed by atoms with E-state index >= 15 is 0 Å². The summed E-state index contributed by atoms with van der Waals surface area (Å²) in [5, 5.41) is 2.95. The first-order valence-electron chi connectivity index (χ1n) is 5.77. The number of halogens is 1. The number of nitrogens with one attached hydrogen (secondary N) is 1. The van der Waals surface area contributed by atoms with E-state index in [1.54, 1.807) is 13.2 Å². The molecule has 0 bridgehead atoms. The zero-order valence-corrected chi connectivity index (χ0v) is 11.2. The molecule has 6 heteroatoms. The number of benzene rings is 1. The van der Waals surface area contributed by atoms with Crippen LogP contribution in [0.25, 0.3) is 0 Å². The molecule has 0 aromatic heterocycles. The largest absolute Gasteiger partial charge is 0.494 e. The molecule has 106 valence electrons. The van der Waals surface area contributed by atoms with Gasteiger partial charge in [0.1, 0.15) is 6.04 Å². The number of hydrogen-bond acceptors (Lipinski definition) is 5. The second kappa shape index (κ2) is 7.70. The van der Waals surface area contributed by atoms with Crippen molar-refractivity contribution in [3.8, 4) is 5.75 Å². The van der Waals surface area contributed by atoms with E-state index in [1.807, 2.05) is 0 Å². The molecule has 0 aliphatic carbocycles. The standard InChI is InChI=1S/C13H18FNO4/c1-17-7-6-15-12(13(16)19-3)9-4-5-11(18-2)10(14)8-9/h4-5,8,12,15H,6-7H2,1-3H3. The Morgan fingerprint density at radius 2 is 2.11 bits per heavy atom. The smallest absolute Gasteiger partial charge is 0.327 e. The molecule has 1 unspecified atom stereocenters. The molecule has 5 nitrogen and oxygen atoms in total. The van der Waals surface area contributed by atoms with E-state index in [4.69, 9.17) is 14.2 Å². The van der Waals surface area contributed by atoms with Gasteiger partial charge in [0.15, 0.2) is 11.6 Å². The predicted molar refractivity (Wildman–Crippen MR) is 67.6 cm³/mol. The van der Waals surface area contributed by atoms with E-state index < -0.39 is 17.8 Å². The SMILES string of the molecule is COCCNC(C(=O)OC)c1ccc(OC)c(F)c1. The number of carbonyl (C=O) groups is 1. The van der Waals surface area contributed by atoms with Crippen LogP contribution in [0.2, 0.25) is 0 Å². The molecule has 0 heterocycles. The minimum absolute atomic E-state index is 0.129. The summed E-state index contributed by atoms with van der Waals surface area (Å²) in [6, 6.07) is 3.60. The Morgan fingerprint density at radius 3 is 2.63 bits per heavy atom. The van der Waals surface area contributed by atoms with Gasteiger partial charge in [-0.2, -0.15) is 0 Å². The van der Waals surface area contributed by atoms with Crippen LogP contribution in [0.15, 0.2) is 18.2 Å². The summed E-state index contributed by atoms with van der Waals surface area (Å²) in [6.07, 6.45) is 0. The minimum atomic E-state index is -0.736. The van der Waals surface area contributed by atoms with Gasteiger partial charge in [0.25, 0.3) is 0 Å². The van der Waals surface area contributed by atoms with Gasteiger partial charge in [0.2, 0.25) is 0 Å². The topological polar surface area (TPSA) is 56.8 Å².